The molecule has 2 aliphatic carbocycles. The molecule has 0 spiro atoms. The molecule has 3 rings (SSSR count). The van der Waals surface area contributed by atoms with Crippen LogP contribution in [0.15, 0.2) is 30.3 Å². The number of rotatable bonds is 3. The Bertz CT molecular complexity index is 366. The fourth-order valence-electron chi connectivity index (χ4n) is 3.77. The molecule has 2 unspecified atom stereocenters. The molecular formula is C17H25N. The van der Waals surface area contributed by atoms with Crippen LogP contribution in [0.4, 0.5) is 0 Å². The van der Waals surface area contributed by atoms with Gasteiger partial charge in [-0.1, -0.05) is 50.1 Å². The van der Waals surface area contributed by atoms with Gasteiger partial charge in [0, 0.05) is 12.1 Å². The average molecular weight is 243 g/mol. The maximum atomic E-state index is 3.93. The summed E-state index contributed by atoms with van der Waals surface area (Å²) in [7, 11) is 0. The van der Waals surface area contributed by atoms with Crippen LogP contribution in [-0.2, 0) is 0 Å². The maximum absolute atomic E-state index is 3.93. The Labute approximate surface area is 111 Å². The number of nitrogens with one attached hydrogen (secondary N) is 1. The van der Waals surface area contributed by atoms with Crippen LogP contribution >= 0.6 is 0 Å². The highest BCUT2D eigenvalue weighted by molar-refractivity contribution is 5.22. The third-order valence-electron chi connectivity index (χ3n) is 4.82. The molecule has 98 valence electrons. The van der Waals surface area contributed by atoms with Crippen LogP contribution in [0.25, 0.3) is 0 Å². The second kappa shape index (κ2) is 5.44. The first-order valence-electron chi connectivity index (χ1n) is 7.64. The maximum Gasteiger partial charge on any atom is 0.0138 e. The number of hydrogen-bond donors (Lipinski definition) is 1. The summed E-state index contributed by atoms with van der Waals surface area (Å²) < 4.78 is 0. The van der Waals surface area contributed by atoms with E-state index >= 15 is 0 Å². The van der Waals surface area contributed by atoms with E-state index in [-0.39, 0.29) is 0 Å². The quantitative estimate of drug-likeness (QED) is 0.842. The average Bonchev–Trinajstić information content (AvgIpc) is 2.39. The van der Waals surface area contributed by atoms with Crippen molar-refractivity contribution >= 4 is 0 Å². The van der Waals surface area contributed by atoms with Crippen molar-refractivity contribution in [3.05, 3.63) is 35.9 Å². The molecule has 2 saturated carbocycles. The van der Waals surface area contributed by atoms with Crippen molar-refractivity contribution in [3.8, 4) is 0 Å². The van der Waals surface area contributed by atoms with E-state index in [9.17, 15) is 0 Å². The van der Waals surface area contributed by atoms with Crippen molar-refractivity contribution in [1.82, 2.24) is 5.32 Å². The molecule has 1 aromatic rings. The zero-order valence-corrected chi connectivity index (χ0v) is 11.4. The lowest BCUT2D eigenvalue weighted by Crippen LogP contribution is -2.48. The van der Waals surface area contributed by atoms with Crippen LogP contribution in [0.1, 0.15) is 56.9 Å². The first-order valence-corrected chi connectivity index (χ1v) is 7.64. The molecule has 1 aromatic carbocycles. The van der Waals surface area contributed by atoms with Crippen LogP contribution in [0.2, 0.25) is 0 Å². The van der Waals surface area contributed by atoms with Crippen molar-refractivity contribution < 1.29 is 0 Å². The first kappa shape index (κ1) is 12.2. The predicted octanol–water partition coefficient (Wildman–Crippen LogP) is 4.10. The molecule has 0 bridgehead atoms. The van der Waals surface area contributed by atoms with Crippen LogP contribution in [-0.4, -0.2) is 12.1 Å². The van der Waals surface area contributed by atoms with Crippen molar-refractivity contribution in [2.75, 3.05) is 0 Å². The largest absolute Gasteiger partial charge is 0.311 e. The smallest absolute Gasteiger partial charge is 0.0138 e. The highest BCUT2D eigenvalue weighted by Crippen LogP contribution is 2.35. The Morgan fingerprint density at radius 1 is 1.00 bits per heavy atom. The van der Waals surface area contributed by atoms with Gasteiger partial charge in [-0.15, -0.1) is 0 Å². The minimum absolute atomic E-state index is 0.721. The lowest BCUT2D eigenvalue weighted by Gasteiger charge is -2.41. The van der Waals surface area contributed by atoms with Gasteiger partial charge in [0.2, 0.25) is 0 Å². The molecule has 1 nitrogen and oxygen atoms in total. The van der Waals surface area contributed by atoms with Gasteiger partial charge in [-0.05, 0) is 43.1 Å². The van der Waals surface area contributed by atoms with E-state index in [4.69, 9.17) is 0 Å². The summed E-state index contributed by atoms with van der Waals surface area (Å²) in [4.78, 5) is 0. The topological polar surface area (TPSA) is 12.0 Å². The van der Waals surface area contributed by atoms with Gasteiger partial charge in [0.05, 0.1) is 0 Å². The SMILES string of the molecule is CC1CC(NC2CCCCC2c2ccccc2)C1. The van der Waals surface area contributed by atoms with E-state index in [2.05, 4.69) is 42.6 Å². The van der Waals surface area contributed by atoms with E-state index in [1.807, 2.05) is 0 Å². The minimum Gasteiger partial charge on any atom is -0.311 e. The fraction of sp³-hybridized carbons (Fsp3) is 0.647. The molecule has 1 N–H and O–H groups in total. The van der Waals surface area contributed by atoms with Crippen molar-refractivity contribution in [2.24, 2.45) is 5.92 Å². The molecule has 0 aliphatic heterocycles. The Hall–Kier alpha value is -0.820. The molecule has 0 heterocycles. The molecule has 1 heteroatoms. The molecule has 0 radical (unpaired) electrons. The first-order chi connectivity index (χ1) is 8.83. The van der Waals surface area contributed by atoms with Gasteiger partial charge in [-0.25, -0.2) is 0 Å². The van der Waals surface area contributed by atoms with Crippen LogP contribution in [0.3, 0.4) is 0 Å². The summed E-state index contributed by atoms with van der Waals surface area (Å²) in [6.45, 7) is 2.37. The summed E-state index contributed by atoms with van der Waals surface area (Å²) in [5.41, 5.74) is 1.54. The molecule has 2 aliphatic rings. The van der Waals surface area contributed by atoms with Crippen LogP contribution < -0.4 is 5.32 Å². The monoisotopic (exact) mass is 243 g/mol. The zero-order chi connectivity index (χ0) is 12.4. The fourth-order valence-corrected chi connectivity index (χ4v) is 3.77. The number of benzene rings is 1. The van der Waals surface area contributed by atoms with Gasteiger partial charge >= 0.3 is 0 Å². The molecule has 0 aromatic heterocycles. The van der Waals surface area contributed by atoms with Gasteiger partial charge in [0.25, 0.3) is 0 Å². The summed E-state index contributed by atoms with van der Waals surface area (Å²) in [6.07, 6.45) is 8.31. The lowest BCUT2D eigenvalue weighted by molar-refractivity contribution is 0.193. The van der Waals surface area contributed by atoms with Gasteiger partial charge in [-0.2, -0.15) is 0 Å². The third kappa shape index (κ3) is 2.61. The second-order valence-corrected chi connectivity index (χ2v) is 6.35. The van der Waals surface area contributed by atoms with E-state index in [0.29, 0.717) is 0 Å². The van der Waals surface area contributed by atoms with Crippen molar-refractivity contribution in [2.45, 2.75) is 63.5 Å². The standard InChI is InChI=1S/C17H25N/c1-13-11-15(12-13)18-17-10-6-5-9-16(17)14-7-3-2-4-8-14/h2-4,7-8,13,15-18H,5-6,9-12H2,1H3. The van der Waals surface area contributed by atoms with E-state index in [1.54, 1.807) is 5.56 Å². The second-order valence-electron chi connectivity index (χ2n) is 6.35. The summed E-state index contributed by atoms with van der Waals surface area (Å²) in [5.74, 6) is 1.69. The predicted molar refractivity (Wildman–Crippen MR) is 76.8 cm³/mol. The van der Waals surface area contributed by atoms with E-state index in [0.717, 1.165) is 23.9 Å². The molecule has 2 fully saturated rings. The molecule has 2 atom stereocenters. The van der Waals surface area contributed by atoms with Crippen LogP contribution in [0, 0.1) is 5.92 Å². The molecule has 18 heavy (non-hydrogen) atoms. The van der Waals surface area contributed by atoms with Crippen molar-refractivity contribution in [3.63, 3.8) is 0 Å². The summed E-state index contributed by atoms with van der Waals surface area (Å²) in [6, 6.07) is 12.6. The zero-order valence-electron chi connectivity index (χ0n) is 11.4. The highest BCUT2D eigenvalue weighted by atomic mass is 15.0. The van der Waals surface area contributed by atoms with Gasteiger partial charge in [0.15, 0.2) is 0 Å². The number of hydrogen-bond acceptors (Lipinski definition) is 1. The Morgan fingerprint density at radius 2 is 1.72 bits per heavy atom. The minimum atomic E-state index is 0.721. The normalized spacial score (nSPS) is 36.1. The molecule has 0 amide bonds. The van der Waals surface area contributed by atoms with Gasteiger partial charge in [0.1, 0.15) is 0 Å². The molecule has 0 saturated heterocycles. The Morgan fingerprint density at radius 3 is 2.44 bits per heavy atom. The molecular weight excluding hydrogens is 218 g/mol. The summed E-state index contributed by atoms with van der Waals surface area (Å²) in [5, 5.41) is 3.93. The third-order valence-corrected chi connectivity index (χ3v) is 4.82. The highest BCUT2D eigenvalue weighted by Gasteiger charge is 2.32. The van der Waals surface area contributed by atoms with Crippen molar-refractivity contribution in [1.29, 1.82) is 0 Å². The van der Waals surface area contributed by atoms with Gasteiger partial charge < -0.3 is 5.32 Å². The summed E-state index contributed by atoms with van der Waals surface area (Å²) >= 11 is 0. The lowest BCUT2D eigenvalue weighted by atomic mass is 9.76. The van der Waals surface area contributed by atoms with E-state index < -0.39 is 0 Å². The Balaban J connectivity index is 1.66. The Kier molecular flexibility index (Phi) is 3.69. The van der Waals surface area contributed by atoms with Gasteiger partial charge in [-0.3, -0.25) is 0 Å². The van der Waals surface area contributed by atoms with Crippen LogP contribution in [0.5, 0.6) is 0 Å². The van der Waals surface area contributed by atoms with E-state index in [1.165, 1.54) is 38.5 Å².